The van der Waals surface area contributed by atoms with Crippen molar-refractivity contribution in [3.63, 3.8) is 0 Å². The van der Waals surface area contributed by atoms with E-state index in [1.54, 1.807) is 0 Å². The molecule has 0 fully saturated rings. The summed E-state index contributed by atoms with van der Waals surface area (Å²) in [5.74, 6) is -4.15. The van der Waals surface area contributed by atoms with E-state index < -0.39 is 17.4 Å². The molecule has 0 spiro atoms. The van der Waals surface area contributed by atoms with Crippen LogP contribution < -0.4 is 0 Å². The van der Waals surface area contributed by atoms with Crippen LogP contribution in [0.5, 0.6) is 0 Å². The third-order valence-electron chi connectivity index (χ3n) is 5.59. The van der Waals surface area contributed by atoms with Crippen LogP contribution in [-0.4, -0.2) is 51.2 Å². The van der Waals surface area contributed by atoms with Crippen LogP contribution in [0.1, 0.15) is 86.1 Å². The lowest BCUT2D eigenvalue weighted by molar-refractivity contribution is -0.503. The average Bonchev–Trinajstić information content (AvgIpc) is 2.82. The Morgan fingerprint density at radius 3 is 1.45 bits per heavy atom. The summed E-state index contributed by atoms with van der Waals surface area (Å²) in [7, 11) is 0. The number of rotatable bonds is 20. The zero-order chi connectivity index (χ0) is 24.6. The minimum atomic E-state index is -1.50. The van der Waals surface area contributed by atoms with Gasteiger partial charge in [-0.25, -0.2) is 0 Å². The zero-order valence-electron chi connectivity index (χ0n) is 22.1. The van der Waals surface area contributed by atoms with Crippen molar-refractivity contribution in [1.29, 1.82) is 0 Å². The lowest BCUT2D eigenvalue weighted by atomic mass is 9.85. The predicted octanol–water partition coefficient (Wildman–Crippen LogP) is 6.42. The summed E-state index contributed by atoms with van der Waals surface area (Å²) in [4.78, 5) is 0. The van der Waals surface area contributed by atoms with Crippen molar-refractivity contribution in [3.05, 3.63) is 35.9 Å². The highest BCUT2D eigenvalue weighted by Crippen LogP contribution is 2.51. The minimum absolute atomic E-state index is 0.367. The lowest BCUT2D eigenvalue weighted by Gasteiger charge is -2.56. The number of ether oxygens (including phenoxy) is 6. The maximum absolute atomic E-state index is 6.60. The number of hydrogen-bond donors (Lipinski definition) is 0. The maximum Gasteiger partial charge on any atom is 0.284 e. The molecule has 192 valence electrons. The molecule has 0 saturated heterocycles. The Morgan fingerprint density at radius 1 is 0.545 bits per heavy atom. The maximum atomic E-state index is 6.60. The Balaban J connectivity index is 3.93. The van der Waals surface area contributed by atoms with Crippen molar-refractivity contribution in [3.8, 4) is 0 Å². The molecule has 0 N–H and O–H groups in total. The number of unbranched alkanes of at least 4 members (excludes halogenated alkanes) is 3. The largest absolute Gasteiger partial charge is 0.345 e. The first-order valence-electron chi connectivity index (χ1n) is 12.9. The van der Waals surface area contributed by atoms with E-state index in [-0.39, 0.29) is 0 Å². The smallest absolute Gasteiger partial charge is 0.284 e. The van der Waals surface area contributed by atoms with E-state index in [1.807, 2.05) is 71.9 Å². The molecule has 0 radical (unpaired) electrons. The van der Waals surface area contributed by atoms with E-state index in [1.165, 1.54) is 0 Å². The fraction of sp³-hybridized carbons (Fsp3) is 0.778. The molecule has 1 aromatic rings. The zero-order valence-corrected chi connectivity index (χ0v) is 22.1. The molecule has 1 aromatic carbocycles. The second kappa shape index (κ2) is 15.8. The first kappa shape index (κ1) is 30.0. The highest BCUT2D eigenvalue weighted by molar-refractivity contribution is 5.25. The van der Waals surface area contributed by atoms with Crippen LogP contribution in [0.3, 0.4) is 0 Å². The summed E-state index contributed by atoms with van der Waals surface area (Å²) in [6.45, 7) is 16.3. The lowest BCUT2D eigenvalue weighted by Crippen LogP contribution is -2.72. The second-order valence-electron chi connectivity index (χ2n) is 7.76. The van der Waals surface area contributed by atoms with Crippen molar-refractivity contribution >= 4 is 0 Å². The highest BCUT2D eigenvalue weighted by Gasteiger charge is 2.70. The van der Waals surface area contributed by atoms with Crippen molar-refractivity contribution in [2.24, 2.45) is 0 Å². The van der Waals surface area contributed by atoms with Gasteiger partial charge in [-0.05, 0) is 48.0 Å². The summed E-state index contributed by atoms with van der Waals surface area (Å²) >= 11 is 0. The molecule has 0 saturated carbocycles. The molecule has 0 aliphatic carbocycles. The van der Waals surface area contributed by atoms with E-state index in [9.17, 15) is 0 Å². The molecular formula is C27H48O6. The van der Waals surface area contributed by atoms with Crippen LogP contribution in [0.4, 0.5) is 0 Å². The van der Waals surface area contributed by atoms with Gasteiger partial charge in [0.1, 0.15) is 0 Å². The fourth-order valence-electron chi connectivity index (χ4n) is 4.55. The molecule has 1 rings (SSSR count). The molecule has 0 aromatic heterocycles. The Hall–Kier alpha value is -1.02. The molecule has 6 heteroatoms. The van der Waals surface area contributed by atoms with Crippen LogP contribution >= 0.6 is 0 Å². The molecule has 0 heterocycles. The summed E-state index contributed by atoms with van der Waals surface area (Å²) in [5.41, 5.74) is 0.799. The Bertz CT molecular complexity index is 588. The molecule has 6 nitrogen and oxygen atoms in total. The van der Waals surface area contributed by atoms with Crippen LogP contribution in [0, 0.1) is 0 Å². The van der Waals surface area contributed by atoms with E-state index in [4.69, 9.17) is 28.4 Å². The van der Waals surface area contributed by atoms with Gasteiger partial charge in [-0.2, -0.15) is 0 Å². The van der Waals surface area contributed by atoms with Crippen LogP contribution in [-0.2, 0) is 34.2 Å². The Morgan fingerprint density at radius 2 is 1.03 bits per heavy atom. The molecule has 0 amide bonds. The first-order chi connectivity index (χ1) is 16.0. The molecule has 33 heavy (non-hydrogen) atoms. The number of hydrogen-bond acceptors (Lipinski definition) is 6. The minimum Gasteiger partial charge on any atom is -0.345 e. The summed E-state index contributed by atoms with van der Waals surface area (Å²) in [6.07, 6.45) is 4.84. The number of benzene rings is 1. The standard InChI is InChI=1S/C27H48O6/c1-8-15-16-20-23-25(28-9-2,29-10-3)27(32-13-6,33-14-7)26(30-11-4,31-12-5)24-21-18-17-19-22-24/h17-19,21-22H,8-16,20,23H2,1-7H3. The van der Waals surface area contributed by atoms with Gasteiger partial charge < -0.3 is 28.4 Å². The van der Waals surface area contributed by atoms with Crippen LogP contribution in [0.25, 0.3) is 0 Å². The van der Waals surface area contributed by atoms with E-state index >= 15 is 0 Å². The Kier molecular flexibility index (Phi) is 14.4. The third-order valence-corrected chi connectivity index (χ3v) is 5.59. The topological polar surface area (TPSA) is 55.4 Å². The van der Waals surface area contributed by atoms with E-state index in [0.717, 1.165) is 31.2 Å². The van der Waals surface area contributed by atoms with Crippen molar-refractivity contribution in [2.75, 3.05) is 39.6 Å². The second-order valence-corrected chi connectivity index (χ2v) is 7.76. The SMILES string of the molecule is CCCCCCC(OCC)(OCC)C(OCC)(OCC)C(OCC)(OCC)c1ccccc1. The van der Waals surface area contributed by atoms with Gasteiger partial charge in [-0.15, -0.1) is 0 Å². The first-order valence-corrected chi connectivity index (χ1v) is 12.9. The molecule has 0 atom stereocenters. The van der Waals surface area contributed by atoms with Gasteiger partial charge in [0.25, 0.3) is 11.6 Å². The van der Waals surface area contributed by atoms with Crippen LogP contribution in [0.2, 0.25) is 0 Å². The van der Waals surface area contributed by atoms with Crippen molar-refractivity contribution in [2.45, 2.75) is 97.9 Å². The van der Waals surface area contributed by atoms with E-state index in [0.29, 0.717) is 46.1 Å². The molecule has 0 aliphatic heterocycles. The molecule has 0 unspecified atom stereocenters. The molecule has 0 bridgehead atoms. The summed E-state index contributed by atoms with van der Waals surface area (Å²) in [6, 6.07) is 9.87. The molecule has 0 aliphatic rings. The van der Waals surface area contributed by atoms with Gasteiger partial charge in [-0.3, -0.25) is 0 Å². The molecular weight excluding hydrogens is 420 g/mol. The van der Waals surface area contributed by atoms with Gasteiger partial charge >= 0.3 is 0 Å². The summed E-state index contributed by atoms with van der Waals surface area (Å²) < 4.78 is 39.3. The highest BCUT2D eigenvalue weighted by atomic mass is 16.8. The van der Waals surface area contributed by atoms with Gasteiger partial charge in [0, 0.05) is 51.6 Å². The van der Waals surface area contributed by atoms with Gasteiger partial charge in [0.2, 0.25) is 5.79 Å². The Labute approximate surface area is 202 Å². The fourth-order valence-corrected chi connectivity index (χ4v) is 4.55. The predicted molar refractivity (Wildman–Crippen MR) is 132 cm³/mol. The monoisotopic (exact) mass is 468 g/mol. The summed E-state index contributed by atoms with van der Waals surface area (Å²) in [5, 5.41) is 0. The van der Waals surface area contributed by atoms with Gasteiger partial charge in [0.15, 0.2) is 0 Å². The van der Waals surface area contributed by atoms with Crippen molar-refractivity contribution in [1.82, 2.24) is 0 Å². The normalized spacial score (nSPS) is 12.9. The van der Waals surface area contributed by atoms with E-state index in [2.05, 4.69) is 6.92 Å². The quantitative estimate of drug-likeness (QED) is 0.163. The average molecular weight is 469 g/mol. The van der Waals surface area contributed by atoms with Crippen molar-refractivity contribution < 1.29 is 28.4 Å². The van der Waals surface area contributed by atoms with Gasteiger partial charge in [-0.1, -0.05) is 56.5 Å². The third kappa shape index (κ3) is 6.77. The van der Waals surface area contributed by atoms with Gasteiger partial charge in [0.05, 0.1) is 0 Å². The van der Waals surface area contributed by atoms with Crippen LogP contribution in [0.15, 0.2) is 30.3 Å².